The summed E-state index contributed by atoms with van der Waals surface area (Å²) in [6, 6.07) is 11.3. The molecule has 0 spiro atoms. The normalized spacial score (nSPS) is 14.3. The van der Waals surface area contributed by atoms with Crippen molar-refractivity contribution in [2.75, 3.05) is 5.32 Å². The van der Waals surface area contributed by atoms with Gasteiger partial charge in [-0.25, -0.2) is 0 Å². The van der Waals surface area contributed by atoms with Gasteiger partial charge in [-0.2, -0.15) is 18.0 Å². The van der Waals surface area contributed by atoms with E-state index in [-0.39, 0.29) is 29.9 Å². The molecular weight excluding hydrogens is 437 g/mol. The zero-order valence-electron chi connectivity index (χ0n) is 17.5. The quantitative estimate of drug-likeness (QED) is 0.587. The number of rotatable bonds is 6. The topological polar surface area (TPSA) is 102 Å². The lowest BCUT2D eigenvalue weighted by Crippen LogP contribution is -2.33. The number of hydrogen-bond acceptors (Lipinski definition) is 5. The van der Waals surface area contributed by atoms with Crippen LogP contribution in [-0.4, -0.2) is 38.1 Å². The molecular formula is C22H21F3N6O2. The summed E-state index contributed by atoms with van der Waals surface area (Å²) in [7, 11) is 0. The Kier molecular flexibility index (Phi) is 6.38. The van der Waals surface area contributed by atoms with Crippen molar-refractivity contribution in [2.24, 2.45) is 0 Å². The molecule has 1 heterocycles. The van der Waals surface area contributed by atoms with Crippen LogP contribution in [-0.2, 0) is 17.5 Å². The number of halogens is 3. The Morgan fingerprint density at radius 1 is 1.06 bits per heavy atom. The van der Waals surface area contributed by atoms with Crippen molar-refractivity contribution in [3.63, 3.8) is 0 Å². The maximum atomic E-state index is 12.9. The van der Waals surface area contributed by atoms with Gasteiger partial charge < -0.3 is 10.6 Å². The van der Waals surface area contributed by atoms with Crippen molar-refractivity contribution in [3.05, 3.63) is 59.7 Å². The van der Waals surface area contributed by atoms with Crippen molar-refractivity contribution in [1.82, 2.24) is 25.5 Å². The predicted octanol–water partition coefficient (Wildman–Crippen LogP) is 3.67. The minimum absolute atomic E-state index is 0.0368. The third kappa shape index (κ3) is 5.54. The first-order chi connectivity index (χ1) is 15.8. The van der Waals surface area contributed by atoms with Gasteiger partial charge in [-0.3, -0.25) is 9.59 Å². The van der Waals surface area contributed by atoms with Gasteiger partial charge in [0, 0.05) is 11.6 Å². The summed E-state index contributed by atoms with van der Waals surface area (Å²) >= 11 is 0. The average Bonchev–Trinajstić information content (AvgIpc) is 3.46. The fourth-order valence-electron chi connectivity index (χ4n) is 3.70. The molecule has 11 heteroatoms. The van der Waals surface area contributed by atoms with Crippen LogP contribution in [0.25, 0.3) is 11.4 Å². The summed E-state index contributed by atoms with van der Waals surface area (Å²) in [6.07, 6.45) is -0.463. The first kappa shape index (κ1) is 22.4. The van der Waals surface area contributed by atoms with Gasteiger partial charge in [0.15, 0.2) is 0 Å². The Morgan fingerprint density at radius 2 is 1.82 bits per heavy atom. The number of anilines is 1. The lowest BCUT2D eigenvalue weighted by atomic mass is 10.1. The summed E-state index contributed by atoms with van der Waals surface area (Å²) < 4.78 is 38.8. The van der Waals surface area contributed by atoms with Gasteiger partial charge >= 0.3 is 6.18 Å². The Balaban J connectivity index is 1.42. The first-order valence-corrected chi connectivity index (χ1v) is 10.4. The van der Waals surface area contributed by atoms with Gasteiger partial charge in [-0.05, 0) is 42.3 Å². The van der Waals surface area contributed by atoms with Crippen LogP contribution in [0.1, 0.15) is 41.6 Å². The fraction of sp³-hybridized carbons (Fsp3) is 0.318. The molecule has 2 amide bonds. The van der Waals surface area contributed by atoms with E-state index in [9.17, 15) is 22.8 Å². The average molecular weight is 458 g/mol. The van der Waals surface area contributed by atoms with Crippen molar-refractivity contribution in [2.45, 2.75) is 44.4 Å². The number of alkyl halides is 3. The highest BCUT2D eigenvalue weighted by atomic mass is 19.4. The van der Waals surface area contributed by atoms with Crippen molar-refractivity contribution in [1.29, 1.82) is 0 Å². The molecule has 0 radical (unpaired) electrons. The third-order valence-electron chi connectivity index (χ3n) is 5.32. The van der Waals surface area contributed by atoms with Crippen LogP contribution in [0.2, 0.25) is 0 Å². The molecule has 3 aromatic rings. The second-order valence-corrected chi connectivity index (χ2v) is 7.77. The molecule has 1 aliphatic carbocycles. The van der Waals surface area contributed by atoms with Gasteiger partial charge in [-0.15, -0.1) is 10.2 Å². The van der Waals surface area contributed by atoms with Crippen molar-refractivity contribution < 1.29 is 22.8 Å². The number of carbonyl (C=O) groups is 2. The minimum Gasteiger partial charge on any atom is -0.349 e. The molecule has 33 heavy (non-hydrogen) atoms. The number of nitrogens with zero attached hydrogens (tertiary/aromatic N) is 4. The van der Waals surface area contributed by atoms with Crippen LogP contribution in [0.4, 0.5) is 18.9 Å². The Morgan fingerprint density at radius 3 is 2.58 bits per heavy atom. The zero-order valence-corrected chi connectivity index (χ0v) is 17.5. The molecule has 1 saturated carbocycles. The Labute approximate surface area is 187 Å². The van der Waals surface area contributed by atoms with Gasteiger partial charge in [0.05, 0.1) is 16.8 Å². The number of benzene rings is 2. The Hall–Kier alpha value is -3.76. The van der Waals surface area contributed by atoms with E-state index in [2.05, 4.69) is 26.0 Å². The van der Waals surface area contributed by atoms with Crippen molar-refractivity contribution in [3.8, 4) is 11.4 Å². The molecule has 8 nitrogen and oxygen atoms in total. The summed E-state index contributed by atoms with van der Waals surface area (Å²) in [5.74, 6) is -0.808. The molecule has 0 bridgehead atoms. The number of nitrogens with one attached hydrogen (secondary N) is 2. The zero-order chi connectivity index (χ0) is 23.4. The highest BCUT2D eigenvalue weighted by Crippen LogP contribution is 2.31. The molecule has 0 unspecified atom stereocenters. The molecule has 0 atom stereocenters. The first-order valence-electron chi connectivity index (χ1n) is 10.4. The molecule has 0 aliphatic heterocycles. The van der Waals surface area contributed by atoms with Crippen LogP contribution >= 0.6 is 0 Å². The second kappa shape index (κ2) is 9.39. The number of aromatic nitrogens is 4. The Bertz CT molecular complexity index is 1150. The van der Waals surface area contributed by atoms with Crippen molar-refractivity contribution >= 4 is 17.5 Å². The second-order valence-electron chi connectivity index (χ2n) is 7.77. The maximum absolute atomic E-state index is 12.9. The van der Waals surface area contributed by atoms with Crippen LogP contribution < -0.4 is 10.6 Å². The number of para-hydroxylation sites is 1. The van der Waals surface area contributed by atoms with Crippen LogP contribution in [0.15, 0.2) is 48.5 Å². The molecule has 172 valence electrons. The summed E-state index contributed by atoms with van der Waals surface area (Å²) in [6.45, 7) is -0.329. The standard InChI is InChI=1S/C22H21F3N6O2/c23-22(24,25)15-7-5-6-14(12-15)20-28-30-31(29-20)13-19(32)27-18-11-4-3-10-17(18)21(33)26-16-8-1-2-9-16/h3-7,10-12,16H,1-2,8-9,13H2,(H,26,33)(H,27,32). The predicted molar refractivity (Wildman–Crippen MR) is 113 cm³/mol. The van der Waals surface area contributed by atoms with E-state index >= 15 is 0 Å². The summed E-state index contributed by atoms with van der Waals surface area (Å²) in [4.78, 5) is 26.1. The molecule has 2 N–H and O–H groups in total. The number of carbonyl (C=O) groups excluding carboxylic acids is 2. The van der Waals surface area contributed by atoms with E-state index in [0.717, 1.165) is 42.6 Å². The van der Waals surface area contributed by atoms with Gasteiger partial charge in [0.1, 0.15) is 6.54 Å². The van der Waals surface area contributed by atoms with E-state index in [1.807, 2.05) is 0 Å². The molecule has 4 rings (SSSR count). The van der Waals surface area contributed by atoms with E-state index in [4.69, 9.17) is 0 Å². The molecule has 1 aromatic heterocycles. The monoisotopic (exact) mass is 458 g/mol. The summed E-state index contributed by atoms with van der Waals surface area (Å²) in [5.41, 5.74) is -0.0165. The SMILES string of the molecule is O=C(Cn1nnc(-c2cccc(C(F)(F)F)c2)n1)Nc1ccccc1C(=O)NC1CCCC1. The number of amides is 2. The number of hydrogen-bond donors (Lipinski definition) is 2. The van der Waals surface area contributed by atoms with Crippen LogP contribution in [0.5, 0.6) is 0 Å². The molecule has 1 aliphatic rings. The molecule has 1 fully saturated rings. The van der Waals surface area contributed by atoms with E-state index in [0.29, 0.717) is 11.3 Å². The van der Waals surface area contributed by atoms with Gasteiger partial charge in [-0.1, -0.05) is 37.1 Å². The largest absolute Gasteiger partial charge is 0.416 e. The maximum Gasteiger partial charge on any atom is 0.416 e. The van der Waals surface area contributed by atoms with Gasteiger partial charge in [0.2, 0.25) is 11.7 Å². The lowest BCUT2D eigenvalue weighted by Gasteiger charge is -2.14. The fourth-order valence-corrected chi connectivity index (χ4v) is 3.70. The van der Waals surface area contributed by atoms with E-state index < -0.39 is 17.6 Å². The lowest BCUT2D eigenvalue weighted by molar-refractivity contribution is -0.137. The highest BCUT2D eigenvalue weighted by molar-refractivity contribution is 6.03. The number of tetrazole rings is 1. The summed E-state index contributed by atoms with van der Waals surface area (Å²) in [5, 5.41) is 17.1. The van der Waals surface area contributed by atoms with Gasteiger partial charge in [0.25, 0.3) is 5.91 Å². The highest BCUT2D eigenvalue weighted by Gasteiger charge is 2.30. The van der Waals surface area contributed by atoms with E-state index in [1.165, 1.54) is 12.1 Å². The molecule has 2 aromatic carbocycles. The van der Waals surface area contributed by atoms with Crippen LogP contribution in [0, 0.1) is 0 Å². The van der Waals surface area contributed by atoms with E-state index in [1.54, 1.807) is 24.3 Å². The molecule has 0 saturated heterocycles. The minimum atomic E-state index is -4.50. The smallest absolute Gasteiger partial charge is 0.349 e. The third-order valence-corrected chi connectivity index (χ3v) is 5.32. The van der Waals surface area contributed by atoms with Crippen LogP contribution in [0.3, 0.4) is 0 Å².